The van der Waals surface area contributed by atoms with Crippen LogP contribution in [0.25, 0.3) is 0 Å². The van der Waals surface area contributed by atoms with Crippen molar-refractivity contribution in [3.63, 3.8) is 0 Å². The normalized spacial score (nSPS) is 19.1. The van der Waals surface area contributed by atoms with Gasteiger partial charge >= 0.3 is 0 Å². The molecular weight excluding hydrogens is 272 g/mol. The van der Waals surface area contributed by atoms with Crippen molar-refractivity contribution in [2.75, 3.05) is 26.2 Å². The van der Waals surface area contributed by atoms with Crippen LogP contribution in [0.15, 0.2) is 0 Å². The highest BCUT2D eigenvalue weighted by Crippen LogP contribution is 2.24. The van der Waals surface area contributed by atoms with Crippen LogP contribution in [0.5, 0.6) is 0 Å². The van der Waals surface area contributed by atoms with Gasteiger partial charge in [0.1, 0.15) is 0 Å². The first-order chi connectivity index (χ1) is 10.7. The number of aliphatic hydroxyl groups excluding tert-OH is 1. The zero-order valence-corrected chi connectivity index (χ0v) is 15.3. The molecule has 3 nitrogen and oxygen atoms in total. The Bertz CT molecular complexity index is 250. The molecule has 132 valence electrons. The van der Waals surface area contributed by atoms with Gasteiger partial charge in [-0.15, -0.1) is 0 Å². The summed E-state index contributed by atoms with van der Waals surface area (Å²) in [6, 6.07) is 1.11. The monoisotopic (exact) mass is 312 g/mol. The first-order valence-electron chi connectivity index (χ1n) is 9.83. The first-order valence-corrected chi connectivity index (χ1v) is 9.83. The summed E-state index contributed by atoms with van der Waals surface area (Å²) in [5, 5.41) is 12.7. The third kappa shape index (κ3) is 7.43. The van der Waals surface area contributed by atoms with E-state index in [9.17, 15) is 5.11 Å². The van der Waals surface area contributed by atoms with Gasteiger partial charge in [-0.25, -0.2) is 0 Å². The van der Waals surface area contributed by atoms with Crippen molar-refractivity contribution in [1.29, 1.82) is 0 Å². The van der Waals surface area contributed by atoms with Crippen molar-refractivity contribution in [2.24, 2.45) is 5.92 Å². The van der Waals surface area contributed by atoms with E-state index < -0.39 is 0 Å². The number of nitrogens with zero attached hydrogens (tertiary/aromatic N) is 1. The quantitative estimate of drug-likeness (QED) is 0.479. The predicted molar refractivity (Wildman–Crippen MR) is 96.3 cm³/mol. The Hall–Kier alpha value is -0.120. The summed E-state index contributed by atoms with van der Waals surface area (Å²) in [5.41, 5.74) is 0. The van der Waals surface area contributed by atoms with Crippen molar-refractivity contribution in [3.8, 4) is 0 Å². The van der Waals surface area contributed by atoms with Crippen LogP contribution in [-0.4, -0.2) is 48.3 Å². The summed E-state index contributed by atoms with van der Waals surface area (Å²) in [6.07, 6.45) is 12.1. The summed E-state index contributed by atoms with van der Waals surface area (Å²) in [6.45, 7) is 10.6. The number of likely N-dealkylation sites (tertiary alicyclic amines) is 1. The van der Waals surface area contributed by atoms with Gasteiger partial charge in [-0.1, -0.05) is 59.3 Å². The van der Waals surface area contributed by atoms with Crippen LogP contribution < -0.4 is 5.32 Å². The first kappa shape index (κ1) is 19.9. The molecule has 22 heavy (non-hydrogen) atoms. The third-order valence-electron chi connectivity index (χ3n) is 5.17. The molecular formula is C19H40N2O. The van der Waals surface area contributed by atoms with E-state index in [-0.39, 0.29) is 6.61 Å². The Kier molecular flexibility index (Phi) is 11.2. The highest BCUT2D eigenvalue weighted by molar-refractivity contribution is 4.87. The fourth-order valence-electron chi connectivity index (χ4n) is 3.53. The molecule has 0 radical (unpaired) electrons. The van der Waals surface area contributed by atoms with Crippen molar-refractivity contribution >= 4 is 0 Å². The molecule has 1 heterocycles. The van der Waals surface area contributed by atoms with E-state index in [2.05, 4.69) is 31.0 Å². The lowest BCUT2D eigenvalue weighted by atomic mass is 9.92. The fraction of sp³-hybridized carbons (Fsp3) is 1.00. The van der Waals surface area contributed by atoms with Gasteiger partial charge in [0, 0.05) is 31.7 Å². The van der Waals surface area contributed by atoms with Gasteiger partial charge in [-0.2, -0.15) is 0 Å². The number of rotatable bonds is 14. The summed E-state index contributed by atoms with van der Waals surface area (Å²) >= 11 is 0. The van der Waals surface area contributed by atoms with E-state index in [1.54, 1.807) is 0 Å². The molecule has 1 aliphatic rings. The summed E-state index contributed by atoms with van der Waals surface area (Å²) < 4.78 is 0. The Labute approximate surface area is 138 Å². The molecule has 0 saturated carbocycles. The second kappa shape index (κ2) is 12.3. The van der Waals surface area contributed by atoms with Crippen LogP contribution in [0, 0.1) is 5.92 Å². The van der Waals surface area contributed by atoms with Gasteiger partial charge < -0.3 is 10.4 Å². The Morgan fingerprint density at radius 3 is 2.32 bits per heavy atom. The maximum Gasteiger partial charge on any atom is 0.0584 e. The summed E-state index contributed by atoms with van der Waals surface area (Å²) in [4.78, 5) is 2.70. The molecule has 0 bridgehead atoms. The highest BCUT2D eigenvalue weighted by atomic mass is 16.3. The lowest BCUT2D eigenvalue weighted by molar-refractivity contribution is 0.0403. The molecule has 0 spiro atoms. The Morgan fingerprint density at radius 1 is 1.00 bits per heavy atom. The standard InChI is InChI=1S/C19H40N2O/c1-4-7-8-9-10-12-19(11-5-2)21-14-17(15-21)13-20-18(6-3)16-22/h17-20,22H,4-16H2,1-3H3. The van der Waals surface area contributed by atoms with Crippen LogP contribution in [0.4, 0.5) is 0 Å². The van der Waals surface area contributed by atoms with Gasteiger partial charge in [0.15, 0.2) is 0 Å². The topological polar surface area (TPSA) is 35.5 Å². The van der Waals surface area contributed by atoms with Gasteiger partial charge in [-0.05, 0) is 25.2 Å². The smallest absolute Gasteiger partial charge is 0.0584 e. The van der Waals surface area contributed by atoms with Crippen LogP contribution in [0.2, 0.25) is 0 Å². The van der Waals surface area contributed by atoms with Gasteiger partial charge in [0.05, 0.1) is 6.61 Å². The van der Waals surface area contributed by atoms with E-state index in [0.29, 0.717) is 6.04 Å². The van der Waals surface area contributed by atoms with Gasteiger partial charge in [-0.3, -0.25) is 4.90 Å². The SMILES string of the molecule is CCCCCCCC(CCC)N1CC(CNC(CC)CO)C1. The molecule has 0 amide bonds. The van der Waals surface area contributed by atoms with Crippen molar-refractivity contribution in [3.05, 3.63) is 0 Å². The zero-order chi connectivity index (χ0) is 16.2. The molecule has 1 fully saturated rings. The minimum Gasteiger partial charge on any atom is -0.395 e. The average Bonchev–Trinajstić information content (AvgIpc) is 2.49. The van der Waals surface area contributed by atoms with E-state index >= 15 is 0 Å². The lowest BCUT2D eigenvalue weighted by Crippen LogP contribution is -2.55. The van der Waals surface area contributed by atoms with Crippen molar-refractivity contribution in [1.82, 2.24) is 10.2 Å². The molecule has 2 N–H and O–H groups in total. The van der Waals surface area contributed by atoms with Gasteiger partial charge in [0.2, 0.25) is 0 Å². The van der Waals surface area contributed by atoms with Crippen LogP contribution >= 0.6 is 0 Å². The lowest BCUT2D eigenvalue weighted by Gasteiger charge is -2.45. The Balaban J connectivity index is 2.16. The Morgan fingerprint density at radius 2 is 1.73 bits per heavy atom. The van der Waals surface area contributed by atoms with Gasteiger partial charge in [0.25, 0.3) is 0 Å². The van der Waals surface area contributed by atoms with E-state index in [0.717, 1.165) is 24.9 Å². The second-order valence-corrected chi connectivity index (χ2v) is 7.16. The molecule has 1 aliphatic heterocycles. The zero-order valence-electron chi connectivity index (χ0n) is 15.3. The second-order valence-electron chi connectivity index (χ2n) is 7.16. The number of aliphatic hydroxyl groups is 1. The summed E-state index contributed by atoms with van der Waals surface area (Å²) in [5.74, 6) is 0.792. The van der Waals surface area contributed by atoms with Crippen molar-refractivity contribution < 1.29 is 5.11 Å². The molecule has 0 aromatic heterocycles. The molecule has 0 aliphatic carbocycles. The molecule has 2 unspecified atom stereocenters. The number of hydrogen-bond donors (Lipinski definition) is 2. The average molecular weight is 313 g/mol. The van der Waals surface area contributed by atoms with Crippen LogP contribution in [0.3, 0.4) is 0 Å². The van der Waals surface area contributed by atoms with E-state index in [4.69, 9.17) is 0 Å². The fourth-order valence-corrected chi connectivity index (χ4v) is 3.53. The maximum absolute atomic E-state index is 9.23. The third-order valence-corrected chi connectivity index (χ3v) is 5.17. The van der Waals surface area contributed by atoms with E-state index in [1.807, 2.05) is 0 Å². The predicted octanol–water partition coefficient (Wildman–Crippen LogP) is 3.81. The number of nitrogens with one attached hydrogen (secondary N) is 1. The molecule has 0 aromatic rings. The molecule has 1 saturated heterocycles. The number of unbranched alkanes of at least 4 members (excludes halogenated alkanes) is 4. The highest BCUT2D eigenvalue weighted by Gasteiger charge is 2.31. The molecule has 0 aromatic carbocycles. The van der Waals surface area contributed by atoms with Crippen LogP contribution in [-0.2, 0) is 0 Å². The van der Waals surface area contributed by atoms with Crippen molar-refractivity contribution in [2.45, 2.75) is 90.6 Å². The molecule has 1 rings (SSSR count). The maximum atomic E-state index is 9.23. The number of hydrogen-bond acceptors (Lipinski definition) is 3. The van der Waals surface area contributed by atoms with E-state index in [1.165, 1.54) is 64.5 Å². The minimum absolute atomic E-state index is 0.267. The van der Waals surface area contributed by atoms with Crippen LogP contribution in [0.1, 0.15) is 78.6 Å². The largest absolute Gasteiger partial charge is 0.395 e. The molecule has 2 atom stereocenters. The molecule has 3 heteroatoms. The minimum atomic E-state index is 0.267. The summed E-state index contributed by atoms with van der Waals surface area (Å²) in [7, 11) is 0.